The predicted octanol–water partition coefficient (Wildman–Crippen LogP) is 5.37. The van der Waals surface area contributed by atoms with Gasteiger partial charge in [0, 0.05) is 24.3 Å². The van der Waals surface area contributed by atoms with Crippen LogP contribution in [0.2, 0.25) is 0 Å². The van der Waals surface area contributed by atoms with E-state index in [-0.39, 0.29) is 11.9 Å². The summed E-state index contributed by atoms with van der Waals surface area (Å²) in [5.74, 6) is 0.123. The summed E-state index contributed by atoms with van der Waals surface area (Å²) >= 11 is 5.54. The first-order valence-corrected chi connectivity index (χ1v) is 10.9. The van der Waals surface area contributed by atoms with Crippen LogP contribution in [0.5, 0.6) is 0 Å². The molecule has 0 aromatic heterocycles. The summed E-state index contributed by atoms with van der Waals surface area (Å²) in [4.78, 5) is 14.5. The van der Waals surface area contributed by atoms with Gasteiger partial charge in [-0.25, -0.2) is 0 Å². The lowest BCUT2D eigenvalue weighted by atomic mass is 9.98. The summed E-state index contributed by atoms with van der Waals surface area (Å²) in [6.07, 6.45) is 4.36. The van der Waals surface area contributed by atoms with Crippen LogP contribution in [0.4, 0.5) is 5.69 Å². The molecule has 0 unspecified atom stereocenters. The third-order valence-electron chi connectivity index (χ3n) is 5.55. The number of thiocarbonyl (C=S) groups is 1. The minimum Gasteiger partial charge on any atom is -0.356 e. The van der Waals surface area contributed by atoms with Gasteiger partial charge in [0.15, 0.2) is 5.11 Å². The first-order chi connectivity index (χ1) is 14.0. The van der Waals surface area contributed by atoms with Crippen molar-refractivity contribution in [3.8, 4) is 0 Å². The lowest BCUT2D eigenvalue weighted by Crippen LogP contribution is -2.35. The SMILES string of the molecule is CC[C@@H](NC(=S)Nc1ccc(C(=O)N2CCCCC2)cc1)c1ccc(C)cc1C. The average molecular weight is 410 g/mol. The maximum atomic E-state index is 12.6. The van der Waals surface area contributed by atoms with E-state index in [1.807, 2.05) is 29.2 Å². The van der Waals surface area contributed by atoms with Crippen molar-refractivity contribution in [1.29, 1.82) is 0 Å². The molecule has 0 radical (unpaired) electrons. The Bertz CT molecular complexity index is 857. The molecular weight excluding hydrogens is 378 g/mol. The number of piperidine rings is 1. The molecule has 1 fully saturated rings. The number of carbonyl (C=O) groups is 1. The van der Waals surface area contributed by atoms with Crippen LogP contribution in [0.25, 0.3) is 0 Å². The van der Waals surface area contributed by atoms with Gasteiger partial charge in [-0.2, -0.15) is 0 Å². The van der Waals surface area contributed by atoms with Gasteiger partial charge in [0.2, 0.25) is 0 Å². The van der Waals surface area contributed by atoms with Crippen molar-refractivity contribution in [2.45, 2.75) is 52.5 Å². The smallest absolute Gasteiger partial charge is 0.253 e. The number of hydrogen-bond donors (Lipinski definition) is 2. The highest BCUT2D eigenvalue weighted by Gasteiger charge is 2.18. The number of rotatable bonds is 5. The second kappa shape index (κ2) is 9.88. The zero-order chi connectivity index (χ0) is 20.8. The van der Waals surface area contributed by atoms with Gasteiger partial charge in [-0.05, 0) is 87.1 Å². The molecule has 0 bridgehead atoms. The fourth-order valence-corrected chi connectivity index (χ4v) is 4.18. The molecule has 5 heteroatoms. The first-order valence-electron chi connectivity index (χ1n) is 10.5. The lowest BCUT2D eigenvalue weighted by Gasteiger charge is -2.26. The third-order valence-corrected chi connectivity index (χ3v) is 5.77. The fraction of sp³-hybridized carbons (Fsp3) is 0.417. The molecule has 1 amide bonds. The number of amides is 1. The third kappa shape index (κ3) is 5.57. The van der Waals surface area contributed by atoms with Crippen molar-refractivity contribution in [3.63, 3.8) is 0 Å². The maximum absolute atomic E-state index is 12.6. The van der Waals surface area contributed by atoms with Crippen LogP contribution in [0.3, 0.4) is 0 Å². The Morgan fingerprint density at radius 2 is 1.76 bits per heavy atom. The summed E-state index contributed by atoms with van der Waals surface area (Å²) in [6.45, 7) is 8.13. The highest BCUT2D eigenvalue weighted by atomic mass is 32.1. The predicted molar refractivity (Wildman–Crippen MR) is 125 cm³/mol. The van der Waals surface area contributed by atoms with Crippen molar-refractivity contribution < 1.29 is 4.79 Å². The molecule has 0 saturated carbocycles. The molecular formula is C24H31N3OS. The second-order valence-corrected chi connectivity index (χ2v) is 8.26. The van der Waals surface area contributed by atoms with Gasteiger partial charge in [0.25, 0.3) is 5.91 Å². The minimum atomic E-state index is 0.123. The monoisotopic (exact) mass is 409 g/mol. The zero-order valence-corrected chi connectivity index (χ0v) is 18.4. The van der Waals surface area contributed by atoms with E-state index in [2.05, 4.69) is 49.6 Å². The quantitative estimate of drug-likeness (QED) is 0.652. The topological polar surface area (TPSA) is 44.4 Å². The number of benzene rings is 2. The molecule has 0 spiro atoms. The zero-order valence-electron chi connectivity index (χ0n) is 17.6. The van der Waals surface area contributed by atoms with E-state index in [4.69, 9.17) is 12.2 Å². The largest absolute Gasteiger partial charge is 0.356 e. The molecule has 29 heavy (non-hydrogen) atoms. The summed E-state index contributed by atoms with van der Waals surface area (Å²) in [5, 5.41) is 7.26. The van der Waals surface area contributed by atoms with Crippen LogP contribution in [0.15, 0.2) is 42.5 Å². The van der Waals surface area contributed by atoms with Crippen LogP contribution in [0, 0.1) is 13.8 Å². The van der Waals surface area contributed by atoms with Crippen molar-refractivity contribution in [1.82, 2.24) is 10.2 Å². The van der Waals surface area contributed by atoms with Crippen LogP contribution in [-0.2, 0) is 0 Å². The number of anilines is 1. The Morgan fingerprint density at radius 3 is 2.38 bits per heavy atom. The Kier molecular flexibility index (Phi) is 7.26. The van der Waals surface area contributed by atoms with Gasteiger partial charge < -0.3 is 15.5 Å². The van der Waals surface area contributed by atoms with E-state index in [1.54, 1.807) is 0 Å². The Labute approximate surface area is 179 Å². The number of nitrogens with one attached hydrogen (secondary N) is 2. The van der Waals surface area contributed by atoms with E-state index in [9.17, 15) is 4.79 Å². The Balaban J connectivity index is 1.60. The number of nitrogens with zero attached hydrogens (tertiary/aromatic N) is 1. The molecule has 1 aliphatic heterocycles. The van der Waals surface area contributed by atoms with Crippen molar-refractivity contribution >= 4 is 28.9 Å². The van der Waals surface area contributed by atoms with Crippen molar-refractivity contribution in [2.75, 3.05) is 18.4 Å². The van der Waals surface area contributed by atoms with Crippen LogP contribution in [-0.4, -0.2) is 29.0 Å². The highest BCUT2D eigenvalue weighted by molar-refractivity contribution is 7.80. The molecule has 2 N–H and O–H groups in total. The van der Waals surface area contributed by atoms with E-state index in [1.165, 1.54) is 23.1 Å². The normalized spacial score (nSPS) is 14.9. The van der Waals surface area contributed by atoms with Crippen LogP contribution in [0.1, 0.15) is 65.7 Å². The molecule has 1 aliphatic rings. The van der Waals surface area contributed by atoms with E-state index < -0.39 is 0 Å². The van der Waals surface area contributed by atoms with Gasteiger partial charge in [0.1, 0.15) is 0 Å². The molecule has 1 saturated heterocycles. The van der Waals surface area contributed by atoms with Gasteiger partial charge in [-0.15, -0.1) is 0 Å². The van der Waals surface area contributed by atoms with E-state index in [0.29, 0.717) is 5.11 Å². The molecule has 4 nitrogen and oxygen atoms in total. The Morgan fingerprint density at radius 1 is 1.07 bits per heavy atom. The molecule has 2 aromatic rings. The summed E-state index contributed by atoms with van der Waals surface area (Å²) in [6, 6.07) is 14.3. The Hall–Kier alpha value is -2.40. The number of carbonyl (C=O) groups excluding carboxylic acids is 1. The second-order valence-electron chi connectivity index (χ2n) is 7.85. The van der Waals surface area contributed by atoms with Crippen molar-refractivity contribution in [2.24, 2.45) is 0 Å². The molecule has 1 heterocycles. The molecule has 0 aliphatic carbocycles. The first kappa shape index (κ1) is 21.3. The molecule has 3 rings (SSSR count). The van der Waals surface area contributed by atoms with Gasteiger partial charge in [0.05, 0.1) is 6.04 Å². The van der Waals surface area contributed by atoms with Crippen LogP contribution < -0.4 is 10.6 Å². The average Bonchev–Trinajstić information content (AvgIpc) is 2.73. The summed E-state index contributed by atoms with van der Waals surface area (Å²) in [7, 11) is 0. The standard InChI is InChI=1S/C24H31N3OS/c1-4-22(21-13-8-17(2)16-18(21)3)26-24(29)25-20-11-9-19(10-12-20)23(28)27-14-6-5-7-15-27/h8-13,16,22H,4-7,14-15H2,1-3H3,(H2,25,26,29)/t22-/m1/s1. The van der Waals surface area contributed by atoms with Crippen molar-refractivity contribution in [3.05, 3.63) is 64.7 Å². The highest BCUT2D eigenvalue weighted by Crippen LogP contribution is 2.22. The fourth-order valence-electron chi connectivity index (χ4n) is 3.92. The minimum absolute atomic E-state index is 0.123. The summed E-state index contributed by atoms with van der Waals surface area (Å²) < 4.78 is 0. The molecule has 2 aromatic carbocycles. The number of hydrogen-bond acceptors (Lipinski definition) is 2. The van der Waals surface area contributed by atoms with Crippen LogP contribution >= 0.6 is 12.2 Å². The number of aryl methyl sites for hydroxylation is 2. The van der Waals surface area contributed by atoms with E-state index >= 15 is 0 Å². The lowest BCUT2D eigenvalue weighted by molar-refractivity contribution is 0.0724. The molecule has 154 valence electrons. The van der Waals surface area contributed by atoms with Gasteiger partial charge >= 0.3 is 0 Å². The van der Waals surface area contributed by atoms with Gasteiger partial charge in [-0.3, -0.25) is 4.79 Å². The maximum Gasteiger partial charge on any atom is 0.253 e. The van der Waals surface area contributed by atoms with Gasteiger partial charge in [-0.1, -0.05) is 30.7 Å². The van der Waals surface area contributed by atoms with E-state index in [0.717, 1.165) is 43.6 Å². The summed E-state index contributed by atoms with van der Waals surface area (Å²) in [5.41, 5.74) is 5.42. The number of likely N-dealkylation sites (tertiary alicyclic amines) is 1. The molecule has 1 atom stereocenters.